The highest BCUT2D eigenvalue weighted by molar-refractivity contribution is 8.00. The number of hydrogen-bond acceptors (Lipinski definition) is 5. The monoisotopic (exact) mass is 436 g/mol. The molecule has 2 N–H and O–H groups in total. The second-order valence-corrected chi connectivity index (χ2v) is 7.56. The third-order valence-electron chi connectivity index (χ3n) is 4.24. The fourth-order valence-corrected chi connectivity index (χ4v) is 3.53. The molecule has 0 spiro atoms. The zero-order valence-electron chi connectivity index (χ0n) is 17.4. The van der Waals surface area contributed by atoms with Crippen molar-refractivity contribution in [3.63, 3.8) is 0 Å². The summed E-state index contributed by atoms with van der Waals surface area (Å²) in [6.45, 7) is 2.52. The highest BCUT2D eigenvalue weighted by atomic mass is 32.2. The molecule has 0 aliphatic carbocycles. The van der Waals surface area contributed by atoms with Crippen LogP contribution in [0.4, 0.5) is 11.4 Å². The number of anilines is 2. The van der Waals surface area contributed by atoms with E-state index in [1.54, 1.807) is 31.4 Å². The van der Waals surface area contributed by atoms with Gasteiger partial charge in [0.2, 0.25) is 5.91 Å². The topological polar surface area (TPSA) is 76.7 Å². The van der Waals surface area contributed by atoms with Gasteiger partial charge in [-0.25, -0.2) is 0 Å². The van der Waals surface area contributed by atoms with Crippen molar-refractivity contribution < 1.29 is 19.1 Å². The van der Waals surface area contributed by atoms with E-state index in [0.717, 1.165) is 10.6 Å². The van der Waals surface area contributed by atoms with E-state index in [9.17, 15) is 9.59 Å². The molecule has 160 valence electrons. The van der Waals surface area contributed by atoms with Crippen molar-refractivity contribution >= 4 is 35.0 Å². The molecule has 0 saturated carbocycles. The summed E-state index contributed by atoms with van der Waals surface area (Å²) in [7, 11) is 1.56. The molecule has 7 heteroatoms. The number of thioether (sulfide) groups is 1. The first-order chi connectivity index (χ1) is 15.1. The number of carbonyl (C=O) groups excluding carboxylic acids is 2. The Bertz CT molecular complexity index is 1040. The van der Waals surface area contributed by atoms with E-state index in [-0.39, 0.29) is 17.6 Å². The largest absolute Gasteiger partial charge is 0.497 e. The van der Waals surface area contributed by atoms with Crippen LogP contribution < -0.4 is 20.1 Å². The number of hydrogen-bond donors (Lipinski definition) is 2. The minimum atomic E-state index is -0.228. The van der Waals surface area contributed by atoms with Crippen molar-refractivity contribution in [2.24, 2.45) is 0 Å². The molecule has 0 fully saturated rings. The van der Waals surface area contributed by atoms with Crippen molar-refractivity contribution in [3.05, 3.63) is 78.4 Å². The van der Waals surface area contributed by atoms with E-state index in [2.05, 4.69) is 10.6 Å². The molecule has 3 rings (SSSR count). The molecule has 0 heterocycles. The van der Waals surface area contributed by atoms with Crippen LogP contribution in [0.3, 0.4) is 0 Å². The Morgan fingerprint density at radius 1 is 0.871 bits per heavy atom. The first kappa shape index (κ1) is 22.2. The minimum absolute atomic E-state index is 0.111. The predicted molar refractivity (Wildman–Crippen MR) is 124 cm³/mol. The van der Waals surface area contributed by atoms with E-state index < -0.39 is 0 Å². The standard InChI is InChI=1S/C24H24N2O4S/c1-3-30-20-12-10-18(11-13-20)25-23(27)16-31-22-9-5-7-19(15-22)26-24(28)17-6-4-8-21(14-17)29-2/h4-15H,3,16H2,1-2H3,(H,25,27)(H,26,28). The fraction of sp³-hybridized carbons (Fsp3) is 0.167. The summed E-state index contributed by atoms with van der Waals surface area (Å²) in [6.07, 6.45) is 0. The molecule has 6 nitrogen and oxygen atoms in total. The van der Waals surface area contributed by atoms with Gasteiger partial charge in [0, 0.05) is 21.8 Å². The van der Waals surface area contributed by atoms with Crippen LogP contribution in [0.15, 0.2) is 77.7 Å². The molecule has 3 aromatic rings. The Morgan fingerprint density at radius 2 is 1.65 bits per heavy atom. The van der Waals surface area contributed by atoms with Crippen LogP contribution in [0.1, 0.15) is 17.3 Å². The molecular formula is C24H24N2O4S. The Balaban J connectivity index is 1.53. The van der Waals surface area contributed by atoms with Gasteiger partial charge in [0.1, 0.15) is 11.5 Å². The first-order valence-corrected chi connectivity index (χ1v) is 10.8. The quantitative estimate of drug-likeness (QED) is 0.458. The van der Waals surface area contributed by atoms with Crippen LogP contribution in [-0.4, -0.2) is 31.3 Å². The van der Waals surface area contributed by atoms with Crippen LogP contribution in [0.25, 0.3) is 0 Å². The highest BCUT2D eigenvalue weighted by Gasteiger charge is 2.09. The second kappa shape index (κ2) is 11.1. The van der Waals surface area contributed by atoms with Gasteiger partial charge in [-0.05, 0) is 67.6 Å². The van der Waals surface area contributed by atoms with Crippen molar-refractivity contribution in [1.82, 2.24) is 0 Å². The number of rotatable bonds is 9. The summed E-state index contributed by atoms with van der Waals surface area (Å²) >= 11 is 1.39. The molecule has 3 aromatic carbocycles. The minimum Gasteiger partial charge on any atom is -0.497 e. The molecule has 0 saturated heterocycles. The van der Waals surface area contributed by atoms with Crippen LogP contribution in [0.5, 0.6) is 11.5 Å². The maximum absolute atomic E-state index is 12.5. The van der Waals surface area contributed by atoms with E-state index in [4.69, 9.17) is 9.47 Å². The number of ether oxygens (including phenoxy) is 2. The second-order valence-electron chi connectivity index (χ2n) is 6.51. The number of carbonyl (C=O) groups is 2. The molecule has 0 atom stereocenters. The molecular weight excluding hydrogens is 412 g/mol. The lowest BCUT2D eigenvalue weighted by molar-refractivity contribution is -0.113. The molecule has 2 amide bonds. The lowest BCUT2D eigenvalue weighted by Gasteiger charge is -2.09. The molecule has 0 aliphatic rings. The van der Waals surface area contributed by atoms with Crippen LogP contribution in [-0.2, 0) is 4.79 Å². The predicted octanol–water partition coefficient (Wildman–Crippen LogP) is 5.08. The van der Waals surface area contributed by atoms with Crippen molar-refractivity contribution in [2.75, 3.05) is 30.1 Å². The third-order valence-corrected chi connectivity index (χ3v) is 5.24. The normalized spacial score (nSPS) is 10.3. The highest BCUT2D eigenvalue weighted by Crippen LogP contribution is 2.23. The molecule has 0 bridgehead atoms. The summed E-state index contributed by atoms with van der Waals surface area (Å²) in [6, 6.07) is 21.6. The first-order valence-electron chi connectivity index (χ1n) is 9.78. The van der Waals surface area contributed by atoms with Gasteiger partial charge < -0.3 is 20.1 Å². The van der Waals surface area contributed by atoms with Gasteiger partial charge in [-0.3, -0.25) is 9.59 Å². The molecule has 31 heavy (non-hydrogen) atoms. The van der Waals surface area contributed by atoms with Crippen LogP contribution in [0.2, 0.25) is 0 Å². The Labute approximate surface area is 186 Å². The van der Waals surface area contributed by atoms with Crippen molar-refractivity contribution in [1.29, 1.82) is 0 Å². The van der Waals surface area contributed by atoms with Gasteiger partial charge in [0.25, 0.3) is 5.91 Å². The zero-order valence-corrected chi connectivity index (χ0v) is 18.2. The van der Waals surface area contributed by atoms with Crippen molar-refractivity contribution in [3.8, 4) is 11.5 Å². The molecule has 0 unspecified atom stereocenters. The number of amides is 2. The molecule has 0 aromatic heterocycles. The fourth-order valence-electron chi connectivity index (χ4n) is 2.78. The van der Waals surface area contributed by atoms with Gasteiger partial charge in [-0.2, -0.15) is 0 Å². The van der Waals surface area contributed by atoms with E-state index in [1.165, 1.54) is 11.8 Å². The number of nitrogens with one attached hydrogen (secondary N) is 2. The Kier molecular flexibility index (Phi) is 7.95. The Morgan fingerprint density at radius 3 is 2.39 bits per heavy atom. The molecule has 0 radical (unpaired) electrons. The van der Waals surface area contributed by atoms with Crippen molar-refractivity contribution in [2.45, 2.75) is 11.8 Å². The summed E-state index contributed by atoms with van der Waals surface area (Å²) < 4.78 is 10.6. The summed E-state index contributed by atoms with van der Waals surface area (Å²) in [5.74, 6) is 1.30. The third kappa shape index (κ3) is 6.79. The van der Waals surface area contributed by atoms with E-state index >= 15 is 0 Å². The summed E-state index contributed by atoms with van der Waals surface area (Å²) in [5.41, 5.74) is 1.88. The molecule has 0 aliphatic heterocycles. The average molecular weight is 437 g/mol. The number of benzene rings is 3. The Hall–Kier alpha value is -3.45. The SMILES string of the molecule is CCOc1ccc(NC(=O)CSc2cccc(NC(=O)c3cccc(OC)c3)c2)cc1. The van der Waals surface area contributed by atoms with Gasteiger partial charge in [0.15, 0.2) is 0 Å². The maximum Gasteiger partial charge on any atom is 0.255 e. The number of methoxy groups -OCH3 is 1. The summed E-state index contributed by atoms with van der Waals surface area (Å²) in [5, 5.41) is 5.74. The summed E-state index contributed by atoms with van der Waals surface area (Å²) in [4.78, 5) is 25.6. The van der Waals surface area contributed by atoms with Gasteiger partial charge in [0.05, 0.1) is 19.5 Å². The zero-order chi connectivity index (χ0) is 22.1. The smallest absolute Gasteiger partial charge is 0.255 e. The van der Waals surface area contributed by atoms with Gasteiger partial charge in [-0.1, -0.05) is 12.1 Å². The van der Waals surface area contributed by atoms with Crippen LogP contribution in [0, 0.1) is 0 Å². The lowest BCUT2D eigenvalue weighted by Crippen LogP contribution is -2.14. The van der Waals surface area contributed by atoms with E-state index in [0.29, 0.717) is 29.3 Å². The van der Waals surface area contributed by atoms with Crippen LogP contribution >= 0.6 is 11.8 Å². The maximum atomic E-state index is 12.5. The lowest BCUT2D eigenvalue weighted by atomic mass is 10.2. The van der Waals surface area contributed by atoms with Gasteiger partial charge in [-0.15, -0.1) is 11.8 Å². The van der Waals surface area contributed by atoms with Gasteiger partial charge >= 0.3 is 0 Å². The average Bonchev–Trinajstić information content (AvgIpc) is 2.79. The van der Waals surface area contributed by atoms with E-state index in [1.807, 2.05) is 55.5 Å².